The summed E-state index contributed by atoms with van der Waals surface area (Å²) in [5.74, 6) is -0.135. The number of hydrogen-bond acceptors (Lipinski definition) is 0. The highest BCUT2D eigenvalue weighted by atomic mass is 79.9. The molecule has 0 aliphatic carbocycles. The second-order valence-corrected chi connectivity index (χ2v) is 4.30. The van der Waals surface area contributed by atoms with Crippen LogP contribution in [-0.2, 0) is 6.18 Å². The highest BCUT2D eigenvalue weighted by molar-refractivity contribution is 9.10. The second-order valence-electron chi connectivity index (χ2n) is 3.38. The van der Waals surface area contributed by atoms with Gasteiger partial charge in [0.25, 0.3) is 0 Å². The number of rotatable bonds is 1. The highest BCUT2D eigenvalue weighted by Crippen LogP contribution is 2.36. The largest absolute Gasteiger partial charge is 0.416 e. The van der Waals surface area contributed by atoms with Crippen molar-refractivity contribution in [2.24, 2.45) is 0 Å². The number of benzene rings is 1. The SMILES string of the molecule is CC(C)c1cc(Br)ccc1C(F)(F)F. The lowest BCUT2D eigenvalue weighted by atomic mass is 9.97. The molecule has 0 atom stereocenters. The molecule has 0 amide bonds. The number of halogens is 4. The molecule has 1 rings (SSSR count). The molecule has 78 valence electrons. The Morgan fingerprint density at radius 3 is 2.21 bits per heavy atom. The monoisotopic (exact) mass is 266 g/mol. The van der Waals surface area contributed by atoms with Gasteiger partial charge in [-0.05, 0) is 29.7 Å². The molecule has 0 fully saturated rings. The Balaban J connectivity index is 3.29. The summed E-state index contributed by atoms with van der Waals surface area (Å²) in [5, 5.41) is 0. The standard InChI is InChI=1S/C10H10BrF3/c1-6(2)8-5-7(11)3-4-9(8)10(12,13)14/h3-6H,1-2H3. The summed E-state index contributed by atoms with van der Waals surface area (Å²) in [4.78, 5) is 0. The van der Waals surface area contributed by atoms with E-state index in [2.05, 4.69) is 15.9 Å². The molecule has 0 heterocycles. The maximum atomic E-state index is 12.5. The summed E-state index contributed by atoms with van der Waals surface area (Å²) < 4.78 is 38.3. The highest BCUT2D eigenvalue weighted by Gasteiger charge is 2.33. The first-order chi connectivity index (χ1) is 6.32. The van der Waals surface area contributed by atoms with Crippen LogP contribution in [0.4, 0.5) is 13.2 Å². The fraction of sp³-hybridized carbons (Fsp3) is 0.400. The van der Waals surface area contributed by atoms with E-state index < -0.39 is 11.7 Å². The van der Waals surface area contributed by atoms with Crippen molar-refractivity contribution < 1.29 is 13.2 Å². The van der Waals surface area contributed by atoms with Gasteiger partial charge in [-0.25, -0.2) is 0 Å². The van der Waals surface area contributed by atoms with E-state index in [1.807, 2.05) is 0 Å². The molecular formula is C10H10BrF3. The Hall–Kier alpha value is -0.510. The van der Waals surface area contributed by atoms with Gasteiger partial charge < -0.3 is 0 Å². The lowest BCUT2D eigenvalue weighted by Crippen LogP contribution is -2.09. The lowest BCUT2D eigenvalue weighted by Gasteiger charge is -2.15. The van der Waals surface area contributed by atoms with Gasteiger partial charge in [0.15, 0.2) is 0 Å². The van der Waals surface area contributed by atoms with Gasteiger partial charge in [-0.1, -0.05) is 29.8 Å². The summed E-state index contributed by atoms with van der Waals surface area (Å²) in [6.07, 6.45) is -4.26. The van der Waals surface area contributed by atoms with Crippen molar-refractivity contribution in [3.8, 4) is 0 Å². The van der Waals surface area contributed by atoms with Crippen LogP contribution < -0.4 is 0 Å². The average molecular weight is 267 g/mol. The minimum atomic E-state index is -4.26. The smallest absolute Gasteiger partial charge is 0.166 e. The Bertz CT molecular complexity index is 329. The van der Waals surface area contributed by atoms with Gasteiger partial charge in [0, 0.05) is 4.47 Å². The van der Waals surface area contributed by atoms with Gasteiger partial charge in [0.1, 0.15) is 0 Å². The predicted octanol–water partition coefficient (Wildman–Crippen LogP) is 4.59. The molecule has 0 aliphatic heterocycles. The van der Waals surface area contributed by atoms with Gasteiger partial charge in [-0.3, -0.25) is 0 Å². The van der Waals surface area contributed by atoms with Crippen LogP contribution in [0.15, 0.2) is 22.7 Å². The van der Waals surface area contributed by atoms with Crippen LogP contribution >= 0.6 is 15.9 Å². The molecule has 0 nitrogen and oxygen atoms in total. The summed E-state index contributed by atoms with van der Waals surface area (Å²) in [7, 11) is 0. The molecule has 0 aliphatic rings. The van der Waals surface area contributed by atoms with Gasteiger partial charge in [0.05, 0.1) is 5.56 Å². The molecule has 0 bridgehead atoms. The third kappa shape index (κ3) is 2.50. The van der Waals surface area contributed by atoms with Crippen molar-refractivity contribution in [3.05, 3.63) is 33.8 Å². The fourth-order valence-electron chi connectivity index (χ4n) is 1.27. The van der Waals surface area contributed by atoms with Crippen LogP contribution in [0.5, 0.6) is 0 Å². The van der Waals surface area contributed by atoms with Gasteiger partial charge in [-0.15, -0.1) is 0 Å². The summed E-state index contributed by atoms with van der Waals surface area (Å²) in [5.41, 5.74) is -0.220. The molecule has 1 aromatic rings. The van der Waals surface area contributed by atoms with E-state index >= 15 is 0 Å². The average Bonchev–Trinajstić information content (AvgIpc) is 2.01. The van der Waals surface area contributed by atoms with Gasteiger partial charge >= 0.3 is 6.18 Å². The molecule has 0 spiro atoms. The molecule has 0 unspecified atom stereocenters. The zero-order valence-corrected chi connectivity index (χ0v) is 9.41. The summed E-state index contributed by atoms with van der Waals surface area (Å²) in [6.45, 7) is 3.49. The molecular weight excluding hydrogens is 257 g/mol. The molecule has 0 aromatic heterocycles. The topological polar surface area (TPSA) is 0 Å². The Morgan fingerprint density at radius 1 is 1.21 bits per heavy atom. The van der Waals surface area contributed by atoms with Gasteiger partial charge in [0.2, 0.25) is 0 Å². The molecule has 14 heavy (non-hydrogen) atoms. The van der Waals surface area contributed by atoms with Crippen LogP contribution in [0.2, 0.25) is 0 Å². The maximum absolute atomic E-state index is 12.5. The number of hydrogen-bond donors (Lipinski definition) is 0. The van der Waals surface area contributed by atoms with Crippen LogP contribution in [-0.4, -0.2) is 0 Å². The van der Waals surface area contributed by atoms with Crippen LogP contribution in [0.1, 0.15) is 30.9 Å². The quantitative estimate of drug-likeness (QED) is 0.698. The first-order valence-electron chi connectivity index (χ1n) is 4.19. The van der Waals surface area contributed by atoms with Crippen molar-refractivity contribution in [1.29, 1.82) is 0 Å². The van der Waals surface area contributed by atoms with Crippen LogP contribution in [0, 0.1) is 0 Å². The minimum absolute atomic E-state index is 0.135. The van der Waals surface area contributed by atoms with Crippen molar-refractivity contribution in [3.63, 3.8) is 0 Å². The summed E-state index contributed by atoms with van der Waals surface area (Å²) in [6, 6.07) is 4.04. The molecule has 0 saturated heterocycles. The molecule has 0 saturated carbocycles. The van der Waals surface area contributed by atoms with E-state index in [1.165, 1.54) is 12.1 Å². The zero-order valence-electron chi connectivity index (χ0n) is 7.82. The molecule has 4 heteroatoms. The van der Waals surface area contributed by atoms with E-state index in [0.717, 1.165) is 6.07 Å². The normalized spacial score (nSPS) is 12.2. The Morgan fingerprint density at radius 2 is 1.79 bits per heavy atom. The van der Waals surface area contributed by atoms with Crippen molar-refractivity contribution >= 4 is 15.9 Å². The van der Waals surface area contributed by atoms with E-state index in [1.54, 1.807) is 13.8 Å². The Kier molecular flexibility index (Phi) is 3.24. The van der Waals surface area contributed by atoms with E-state index in [0.29, 0.717) is 10.0 Å². The third-order valence-corrected chi connectivity index (χ3v) is 2.43. The molecule has 1 aromatic carbocycles. The van der Waals surface area contributed by atoms with Gasteiger partial charge in [-0.2, -0.15) is 13.2 Å². The molecule has 0 radical (unpaired) electrons. The third-order valence-electron chi connectivity index (χ3n) is 1.94. The first kappa shape index (κ1) is 11.6. The predicted molar refractivity (Wildman–Crippen MR) is 53.2 cm³/mol. The Labute approximate surface area is 89.3 Å². The fourth-order valence-corrected chi connectivity index (χ4v) is 1.65. The van der Waals surface area contributed by atoms with Crippen molar-refractivity contribution in [1.82, 2.24) is 0 Å². The van der Waals surface area contributed by atoms with E-state index in [4.69, 9.17) is 0 Å². The first-order valence-corrected chi connectivity index (χ1v) is 4.98. The van der Waals surface area contributed by atoms with Crippen molar-refractivity contribution in [2.45, 2.75) is 25.9 Å². The van der Waals surface area contributed by atoms with Crippen LogP contribution in [0.25, 0.3) is 0 Å². The van der Waals surface area contributed by atoms with Crippen LogP contribution in [0.3, 0.4) is 0 Å². The van der Waals surface area contributed by atoms with E-state index in [9.17, 15) is 13.2 Å². The zero-order chi connectivity index (χ0) is 10.9. The maximum Gasteiger partial charge on any atom is 0.416 e. The second kappa shape index (κ2) is 3.93. The molecule has 0 N–H and O–H groups in total. The van der Waals surface area contributed by atoms with E-state index in [-0.39, 0.29) is 5.92 Å². The van der Waals surface area contributed by atoms with Crippen molar-refractivity contribution in [2.75, 3.05) is 0 Å². The lowest BCUT2D eigenvalue weighted by molar-refractivity contribution is -0.138. The minimum Gasteiger partial charge on any atom is -0.166 e. The summed E-state index contributed by atoms with van der Waals surface area (Å²) >= 11 is 3.16. The number of alkyl halides is 3.